The van der Waals surface area contributed by atoms with Crippen molar-refractivity contribution in [1.29, 1.82) is 0 Å². The maximum atomic E-state index is 13.1. The van der Waals surface area contributed by atoms with E-state index < -0.39 is 17.6 Å². The maximum absolute atomic E-state index is 13.1. The largest absolute Gasteiger partial charge is 0.491 e. The highest BCUT2D eigenvalue weighted by Crippen LogP contribution is 2.45. The van der Waals surface area contributed by atoms with Crippen molar-refractivity contribution in [3.05, 3.63) is 22.7 Å². The Morgan fingerprint density at radius 1 is 1.50 bits per heavy atom. The van der Waals surface area contributed by atoms with Crippen LogP contribution in [0.4, 0.5) is 9.18 Å². The third-order valence-corrected chi connectivity index (χ3v) is 3.84. The third kappa shape index (κ3) is 5.12. The SMILES string of the molecule is CC(C)(C)OC(=O)NCC1(COc2cnc(F)c(Br)c2)CC1. The molecule has 1 amide bonds. The van der Waals surface area contributed by atoms with Crippen LogP contribution in [0.5, 0.6) is 5.75 Å². The van der Waals surface area contributed by atoms with E-state index >= 15 is 0 Å². The molecule has 5 nitrogen and oxygen atoms in total. The first kappa shape index (κ1) is 17.0. The number of carbonyl (C=O) groups is 1. The van der Waals surface area contributed by atoms with Crippen LogP contribution in [0.15, 0.2) is 16.7 Å². The third-order valence-electron chi connectivity index (χ3n) is 3.28. The van der Waals surface area contributed by atoms with Crippen LogP contribution in [-0.2, 0) is 4.74 Å². The normalized spacial score (nSPS) is 16.0. The number of nitrogens with zero attached hydrogens (tertiary/aromatic N) is 1. The van der Waals surface area contributed by atoms with Crippen molar-refractivity contribution in [3.8, 4) is 5.75 Å². The number of rotatable bonds is 5. The van der Waals surface area contributed by atoms with Crippen LogP contribution in [0.3, 0.4) is 0 Å². The summed E-state index contributed by atoms with van der Waals surface area (Å²) in [6, 6.07) is 1.54. The van der Waals surface area contributed by atoms with Gasteiger partial charge in [0, 0.05) is 18.0 Å². The Hall–Kier alpha value is -1.37. The van der Waals surface area contributed by atoms with Gasteiger partial charge in [0.25, 0.3) is 0 Å². The Labute approximate surface area is 137 Å². The van der Waals surface area contributed by atoms with E-state index in [2.05, 4.69) is 26.2 Å². The van der Waals surface area contributed by atoms with Gasteiger partial charge in [0.05, 0.1) is 17.3 Å². The first-order valence-electron chi connectivity index (χ1n) is 7.10. The fraction of sp³-hybridized carbons (Fsp3) is 0.600. The fourth-order valence-electron chi connectivity index (χ4n) is 1.84. The number of hydrogen-bond acceptors (Lipinski definition) is 4. The Morgan fingerprint density at radius 2 is 2.18 bits per heavy atom. The number of alkyl carbamates (subject to hydrolysis) is 1. The number of pyridine rings is 1. The average Bonchev–Trinajstić information content (AvgIpc) is 3.17. The molecular formula is C15H20BrFN2O3. The molecule has 0 saturated heterocycles. The Bertz CT molecular complexity index is 556. The number of aromatic nitrogens is 1. The zero-order valence-corrected chi connectivity index (χ0v) is 14.5. The molecule has 0 atom stereocenters. The van der Waals surface area contributed by atoms with Gasteiger partial charge in [-0.2, -0.15) is 4.39 Å². The summed E-state index contributed by atoms with van der Waals surface area (Å²) in [5.74, 6) is -0.0723. The second kappa shape index (κ2) is 6.40. The molecule has 1 N–H and O–H groups in total. The number of ether oxygens (including phenoxy) is 2. The molecule has 1 fully saturated rings. The van der Waals surface area contributed by atoms with Crippen LogP contribution < -0.4 is 10.1 Å². The van der Waals surface area contributed by atoms with Crippen molar-refractivity contribution in [1.82, 2.24) is 10.3 Å². The zero-order chi connectivity index (χ0) is 16.4. The minimum absolute atomic E-state index is 0.0717. The van der Waals surface area contributed by atoms with E-state index in [0.29, 0.717) is 18.9 Å². The van der Waals surface area contributed by atoms with E-state index in [4.69, 9.17) is 9.47 Å². The number of carbonyl (C=O) groups excluding carboxylic acids is 1. The molecule has 1 heterocycles. The van der Waals surface area contributed by atoms with E-state index in [1.807, 2.05) is 20.8 Å². The summed E-state index contributed by atoms with van der Waals surface area (Å²) in [7, 11) is 0. The summed E-state index contributed by atoms with van der Waals surface area (Å²) < 4.78 is 24.2. The predicted molar refractivity (Wildman–Crippen MR) is 83.3 cm³/mol. The molecule has 122 valence electrons. The highest BCUT2D eigenvalue weighted by atomic mass is 79.9. The Kier molecular flexibility index (Phi) is 4.94. The van der Waals surface area contributed by atoms with E-state index in [0.717, 1.165) is 12.8 Å². The van der Waals surface area contributed by atoms with E-state index in [1.54, 1.807) is 6.07 Å². The first-order valence-corrected chi connectivity index (χ1v) is 7.89. The molecule has 0 spiro atoms. The number of halogens is 2. The van der Waals surface area contributed by atoms with Gasteiger partial charge in [-0.3, -0.25) is 0 Å². The maximum Gasteiger partial charge on any atom is 0.407 e. The second-order valence-corrected chi connectivity index (χ2v) is 7.44. The number of nitrogens with one attached hydrogen (secondary N) is 1. The van der Waals surface area contributed by atoms with Crippen LogP contribution in [-0.4, -0.2) is 29.8 Å². The van der Waals surface area contributed by atoms with E-state index in [1.165, 1.54) is 6.20 Å². The number of hydrogen-bond donors (Lipinski definition) is 1. The summed E-state index contributed by atoms with van der Waals surface area (Å²) in [6.07, 6.45) is 2.86. The molecule has 22 heavy (non-hydrogen) atoms. The van der Waals surface area contributed by atoms with Gasteiger partial charge in [-0.05, 0) is 49.5 Å². The Balaban J connectivity index is 1.80. The summed E-state index contributed by atoms with van der Waals surface area (Å²) in [4.78, 5) is 15.2. The average molecular weight is 375 g/mol. The second-order valence-electron chi connectivity index (χ2n) is 6.59. The van der Waals surface area contributed by atoms with Crippen LogP contribution in [0, 0.1) is 11.4 Å². The van der Waals surface area contributed by atoms with Crippen LogP contribution in [0.2, 0.25) is 0 Å². The molecule has 0 unspecified atom stereocenters. The highest BCUT2D eigenvalue weighted by molar-refractivity contribution is 9.10. The number of amides is 1. The quantitative estimate of drug-likeness (QED) is 0.798. The van der Waals surface area contributed by atoms with Gasteiger partial charge in [-0.15, -0.1) is 0 Å². The van der Waals surface area contributed by atoms with Crippen molar-refractivity contribution < 1.29 is 18.7 Å². The molecule has 0 aliphatic heterocycles. The van der Waals surface area contributed by atoms with Crippen LogP contribution >= 0.6 is 15.9 Å². The molecular weight excluding hydrogens is 355 g/mol. The van der Waals surface area contributed by atoms with Gasteiger partial charge >= 0.3 is 6.09 Å². The lowest BCUT2D eigenvalue weighted by atomic mass is 10.1. The smallest absolute Gasteiger partial charge is 0.407 e. The molecule has 0 radical (unpaired) electrons. The van der Waals surface area contributed by atoms with Crippen molar-refractivity contribution in [2.24, 2.45) is 5.41 Å². The summed E-state index contributed by atoms with van der Waals surface area (Å²) in [5, 5.41) is 2.77. The monoisotopic (exact) mass is 374 g/mol. The lowest BCUT2D eigenvalue weighted by Gasteiger charge is -2.22. The van der Waals surface area contributed by atoms with Gasteiger partial charge in [0.2, 0.25) is 5.95 Å². The molecule has 1 aliphatic carbocycles. The minimum atomic E-state index is -0.569. The van der Waals surface area contributed by atoms with E-state index in [-0.39, 0.29) is 9.89 Å². The van der Waals surface area contributed by atoms with Crippen LogP contribution in [0.1, 0.15) is 33.6 Å². The molecule has 0 bridgehead atoms. The summed E-state index contributed by atoms with van der Waals surface area (Å²) in [6.45, 7) is 6.41. The minimum Gasteiger partial charge on any atom is -0.491 e. The van der Waals surface area contributed by atoms with Gasteiger partial charge in [0.1, 0.15) is 11.4 Å². The van der Waals surface area contributed by atoms with E-state index in [9.17, 15) is 9.18 Å². The lowest BCUT2D eigenvalue weighted by molar-refractivity contribution is 0.0509. The molecule has 7 heteroatoms. The van der Waals surface area contributed by atoms with Gasteiger partial charge in [-0.25, -0.2) is 9.78 Å². The van der Waals surface area contributed by atoms with Crippen molar-refractivity contribution >= 4 is 22.0 Å². The summed E-state index contributed by atoms with van der Waals surface area (Å²) >= 11 is 3.07. The van der Waals surface area contributed by atoms with Gasteiger partial charge < -0.3 is 14.8 Å². The van der Waals surface area contributed by atoms with Crippen molar-refractivity contribution in [2.75, 3.05) is 13.2 Å². The molecule has 0 aromatic carbocycles. The van der Waals surface area contributed by atoms with Crippen LogP contribution in [0.25, 0.3) is 0 Å². The topological polar surface area (TPSA) is 60.5 Å². The standard InChI is InChI=1S/C15H20BrFN2O3/c1-14(2,3)22-13(20)19-8-15(4-5-15)9-21-10-6-11(16)12(17)18-7-10/h6-7H,4-5,8-9H2,1-3H3,(H,19,20). The lowest BCUT2D eigenvalue weighted by Crippen LogP contribution is -2.37. The zero-order valence-electron chi connectivity index (χ0n) is 12.9. The molecule has 2 rings (SSSR count). The molecule has 1 aromatic heterocycles. The highest BCUT2D eigenvalue weighted by Gasteiger charge is 2.44. The molecule has 1 saturated carbocycles. The predicted octanol–water partition coefficient (Wildman–Crippen LogP) is 3.67. The fourth-order valence-corrected chi connectivity index (χ4v) is 2.17. The summed E-state index contributed by atoms with van der Waals surface area (Å²) in [5.41, 5.74) is -0.582. The van der Waals surface area contributed by atoms with Gasteiger partial charge in [0.15, 0.2) is 0 Å². The van der Waals surface area contributed by atoms with Crippen molar-refractivity contribution in [3.63, 3.8) is 0 Å². The molecule has 1 aromatic rings. The first-order chi connectivity index (χ1) is 10.2. The molecule has 1 aliphatic rings. The Morgan fingerprint density at radius 3 is 2.73 bits per heavy atom. The van der Waals surface area contributed by atoms with Crippen molar-refractivity contribution in [2.45, 2.75) is 39.2 Å². The van der Waals surface area contributed by atoms with Gasteiger partial charge in [-0.1, -0.05) is 0 Å².